The Morgan fingerprint density at radius 3 is 2.03 bits per heavy atom. The lowest BCUT2D eigenvalue weighted by atomic mass is 9.77. The molecule has 1 aliphatic carbocycles. The van der Waals surface area contributed by atoms with Crippen molar-refractivity contribution in [1.29, 1.82) is 0 Å². The highest BCUT2D eigenvalue weighted by Gasteiger charge is 2.25. The molecule has 3 rings (SSSR count). The summed E-state index contributed by atoms with van der Waals surface area (Å²) < 4.78 is 57.1. The lowest BCUT2D eigenvalue weighted by Crippen LogP contribution is -2.21. The zero-order valence-corrected chi connectivity index (χ0v) is 21.2. The minimum absolute atomic E-state index is 0.0622. The van der Waals surface area contributed by atoms with Gasteiger partial charge in [-0.15, -0.1) is 0 Å². The number of hydrogen-bond acceptors (Lipinski definition) is 1. The molecule has 33 heavy (non-hydrogen) atoms. The molecule has 1 aromatic rings. The van der Waals surface area contributed by atoms with Crippen LogP contribution in [0.3, 0.4) is 0 Å². The highest BCUT2D eigenvalue weighted by Crippen LogP contribution is 2.40. The summed E-state index contributed by atoms with van der Waals surface area (Å²) in [6, 6.07) is 7.21. The number of ether oxygens (including phenoxy) is 1. The maximum Gasteiger partial charge on any atom is 0.305 e. The molecule has 2 fully saturated rings. The highest BCUT2D eigenvalue weighted by atomic mass is 28.3. The average molecular weight is 485 g/mol. The van der Waals surface area contributed by atoms with Crippen LogP contribution in [0, 0.1) is 23.5 Å². The first-order valence-corrected chi connectivity index (χ1v) is 15.6. The van der Waals surface area contributed by atoms with Crippen molar-refractivity contribution in [3.8, 4) is 5.75 Å². The maximum atomic E-state index is 14.2. The first-order valence-electron chi connectivity index (χ1n) is 13.1. The van der Waals surface area contributed by atoms with Gasteiger partial charge >= 0.3 is 6.08 Å². The quantitative estimate of drug-likeness (QED) is 0.132. The SMILES string of the molecule is CCCC[Si@H]1CC[C@H](CCCC[C@H]2CC[C@H](c3cc(F)c(OC=C(F)F)c(F)c3)CC2)CC1. The van der Waals surface area contributed by atoms with Gasteiger partial charge in [0.05, 0.1) is 0 Å². The topological polar surface area (TPSA) is 9.23 Å². The minimum atomic E-state index is -2.13. The summed E-state index contributed by atoms with van der Waals surface area (Å²) in [6.07, 6.45) is 13.1. The van der Waals surface area contributed by atoms with Crippen molar-refractivity contribution in [2.45, 2.75) is 108 Å². The zero-order valence-electron chi connectivity index (χ0n) is 20.1. The van der Waals surface area contributed by atoms with Crippen molar-refractivity contribution in [3.63, 3.8) is 0 Å². The second-order valence-corrected chi connectivity index (χ2v) is 13.8. The summed E-state index contributed by atoms with van der Waals surface area (Å²) >= 11 is 0. The first-order chi connectivity index (χ1) is 16.0. The molecule has 0 atom stereocenters. The predicted octanol–water partition coefficient (Wildman–Crippen LogP) is 9.35. The van der Waals surface area contributed by atoms with E-state index in [1.54, 1.807) is 18.1 Å². The fourth-order valence-electron chi connectivity index (χ4n) is 5.98. The van der Waals surface area contributed by atoms with Crippen molar-refractivity contribution in [2.75, 3.05) is 0 Å². The lowest BCUT2D eigenvalue weighted by Gasteiger charge is -2.30. The van der Waals surface area contributed by atoms with E-state index >= 15 is 0 Å². The Hall–Kier alpha value is -1.30. The molecule has 0 spiro atoms. The van der Waals surface area contributed by atoms with Gasteiger partial charge < -0.3 is 4.74 Å². The monoisotopic (exact) mass is 484 g/mol. The van der Waals surface area contributed by atoms with Crippen molar-refractivity contribution < 1.29 is 22.3 Å². The summed E-state index contributed by atoms with van der Waals surface area (Å²) in [5, 5.41) is 0. The van der Waals surface area contributed by atoms with Gasteiger partial charge in [0.15, 0.2) is 23.6 Å². The Morgan fingerprint density at radius 1 is 0.909 bits per heavy atom. The van der Waals surface area contributed by atoms with E-state index < -0.39 is 23.5 Å². The van der Waals surface area contributed by atoms with Crippen LogP contribution in [0.15, 0.2) is 24.5 Å². The van der Waals surface area contributed by atoms with Gasteiger partial charge in [-0.3, -0.25) is 0 Å². The number of rotatable bonds is 11. The number of hydrogen-bond donors (Lipinski definition) is 0. The fraction of sp³-hybridized carbons (Fsp3) is 0.704. The minimum Gasteiger partial charge on any atom is -0.453 e. The molecular weight excluding hydrogens is 444 g/mol. The Bertz CT molecular complexity index is 725. The molecule has 1 aromatic carbocycles. The molecule has 0 radical (unpaired) electrons. The summed E-state index contributed by atoms with van der Waals surface area (Å²) in [7, 11) is -0.383. The number of halogens is 4. The summed E-state index contributed by atoms with van der Waals surface area (Å²) in [5.74, 6) is -0.802. The Labute approximate surface area is 198 Å². The van der Waals surface area contributed by atoms with Crippen LogP contribution in [0.4, 0.5) is 17.6 Å². The molecule has 0 N–H and O–H groups in total. The summed E-state index contributed by atoms with van der Waals surface area (Å²) in [5.41, 5.74) is 0.610. The molecular formula is C27H40F4OSi. The molecule has 6 heteroatoms. The smallest absolute Gasteiger partial charge is 0.305 e. The van der Waals surface area contributed by atoms with E-state index in [1.807, 2.05) is 0 Å². The second kappa shape index (κ2) is 13.6. The van der Waals surface area contributed by atoms with Crippen molar-refractivity contribution in [3.05, 3.63) is 41.7 Å². The largest absolute Gasteiger partial charge is 0.453 e. The van der Waals surface area contributed by atoms with E-state index in [1.165, 1.54) is 63.5 Å². The van der Waals surface area contributed by atoms with Crippen molar-refractivity contribution in [2.24, 2.45) is 11.8 Å². The molecule has 1 saturated heterocycles. The molecule has 0 bridgehead atoms. The van der Waals surface area contributed by atoms with Gasteiger partial charge in [0, 0.05) is 8.80 Å². The number of benzene rings is 1. The van der Waals surface area contributed by atoms with Gasteiger partial charge in [0.2, 0.25) is 0 Å². The van der Waals surface area contributed by atoms with Crippen LogP contribution in [0.2, 0.25) is 18.1 Å². The number of unbranched alkanes of at least 4 members (excludes halogenated alkanes) is 2. The van der Waals surface area contributed by atoms with Gasteiger partial charge in [-0.2, -0.15) is 8.78 Å². The summed E-state index contributed by atoms with van der Waals surface area (Å²) in [4.78, 5) is 0. The normalized spacial score (nSPS) is 25.6. The molecule has 1 nitrogen and oxygen atoms in total. The van der Waals surface area contributed by atoms with Crippen LogP contribution in [0.25, 0.3) is 0 Å². The van der Waals surface area contributed by atoms with E-state index in [9.17, 15) is 17.6 Å². The maximum absolute atomic E-state index is 14.2. The van der Waals surface area contributed by atoms with Gasteiger partial charge in [0.25, 0.3) is 0 Å². The lowest BCUT2D eigenvalue weighted by molar-refractivity contribution is 0.296. The standard InChI is InChI=1S/C27H40F4OSi/c1-2-3-14-33-15-12-21(13-16-33)7-5-4-6-20-8-10-22(11-9-20)23-17-24(28)27(25(29)18-23)32-19-26(30)31/h17-22,33H,2-16H2,1H3/t20-,21-,22-,33-. The second-order valence-electron chi connectivity index (χ2n) is 10.4. The first kappa shape index (κ1) is 26.3. The van der Waals surface area contributed by atoms with Gasteiger partial charge in [-0.1, -0.05) is 76.4 Å². The molecule has 186 valence electrons. The zero-order chi connectivity index (χ0) is 23.6. The third kappa shape index (κ3) is 8.45. The third-order valence-corrected chi connectivity index (χ3v) is 11.5. The van der Waals surface area contributed by atoms with E-state index in [0.717, 1.165) is 31.6 Å². The average Bonchev–Trinajstić information content (AvgIpc) is 2.81. The molecule has 0 amide bonds. The molecule has 0 unspecified atom stereocenters. The van der Waals surface area contributed by atoms with Crippen LogP contribution >= 0.6 is 0 Å². The van der Waals surface area contributed by atoms with Crippen molar-refractivity contribution >= 4 is 8.80 Å². The van der Waals surface area contributed by atoms with Crippen LogP contribution in [0.5, 0.6) is 5.75 Å². The fourth-order valence-corrected chi connectivity index (χ4v) is 9.72. The van der Waals surface area contributed by atoms with E-state index in [0.29, 0.717) is 11.5 Å². The van der Waals surface area contributed by atoms with Crippen LogP contribution < -0.4 is 4.74 Å². The van der Waals surface area contributed by atoms with Crippen molar-refractivity contribution in [1.82, 2.24) is 0 Å². The molecule has 1 heterocycles. The van der Waals surface area contributed by atoms with Gasteiger partial charge in [-0.05, 0) is 61.1 Å². The van der Waals surface area contributed by atoms with Gasteiger partial charge in [0.1, 0.15) is 0 Å². The summed E-state index contributed by atoms with van der Waals surface area (Å²) in [6.45, 7) is 2.30. The Kier molecular flexibility index (Phi) is 10.8. The van der Waals surface area contributed by atoms with E-state index in [4.69, 9.17) is 0 Å². The Balaban J connectivity index is 1.34. The molecule has 1 aliphatic heterocycles. The predicted molar refractivity (Wildman–Crippen MR) is 130 cm³/mol. The van der Waals surface area contributed by atoms with E-state index in [-0.39, 0.29) is 21.0 Å². The third-order valence-electron chi connectivity index (χ3n) is 8.01. The van der Waals surface area contributed by atoms with Crippen LogP contribution in [0.1, 0.15) is 95.5 Å². The Morgan fingerprint density at radius 2 is 1.48 bits per heavy atom. The molecule has 1 saturated carbocycles. The van der Waals surface area contributed by atoms with Crippen LogP contribution in [-0.2, 0) is 0 Å². The molecule has 0 aromatic heterocycles. The highest BCUT2D eigenvalue weighted by molar-refractivity contribution is 6.58. The van der Waals surface area contributed by atoms with E-state index in [2.05, 4.69) is 11.7 Å². The van der Waals surface area contributed by atoms with Crippen LogP contribution in [-0.4, -0.2) is 8.80 Å². The van der Waals surface area contributed by atoms with Gasteiger partial charge in [-0.25, -0.2) is 8.78 Å². The molecule has 2 aliphatic rings.